The second-order valence-corrected chi connectivity index (χ2v) is 3.72. The maximum atomic E-state index is 10.1. The van der Waals surface area contributed by atoms with Gasteiger partial charge in [-0.25, -0.2) is 10.8 Å². The maximum absolute atomic E-state index is 10.1. The largest absolute Gasteiger partial charge is 0.388 e. The Kier molecular flexibility index (Phi) is 4.45. The van der Waals surface area contributed by atoms with Gasteiger partial charge < -0.3 is 15.8 Å². The molecule has 6 heteroatoms. The molecule has 90 valence electrons. The summed E-state index contributed by atoms with van der Waals surface area (Å²) < 4.78 is 0. The zero-order valence-electron chi connectivity index (χ0n) is 9.70. The van der Waals surface area contributed by atoms with E-state index in [1.165, 1.54) is 6.20 Å². The molecule has 0 spiro atoms. The van der Waals surface area contributed by atoms with Crippen LogP contribution in [-0.4, -0.2) is 27.2 Å². The molecule has 0 aromatic carbocycles. The summed E-state index contributed by atoms with van der Waals surface area (Å²) in [6.45, 7) is 4.35. The molecule has 1 heterocycles. The fourth-order valence-electron chi connectivity index (χ4n) is 1.28. The first-order valence-corrected chi connectivity index (χ1v) is 5.38. The second kappa shape index (κ2) is 5.62. The molecule has 1 aromatic heterocycles. The first-order valence-electron chi connectivity index (χ1n) is 5.38. The number of nitrogens with two attached hydrogens (primary N) is 1. The van der Waals surface area contributed by atoms with Crippen molar-refractivity contribution in [1.82, 2.24) is 9.97 Å². The summed E-state index contributed by atoms with van der Waals surface area (Å²) in [5.74, 6) is 6.30. The van der Waals surface area contributed by atoms with E-state index in [2.05, 4.69) is 20.7 Å². The van der Waals surface area contributed by atoms with Crippen LogP contribution in [0.2, 0.25) is 0 Å². The summed E-state index contributed by atoms with van der Waals surface area (Å²) in [5, 5.41) is 13.1. The van der Waals surface area contributed by atoms with Crippen molar-refractivity contribution in [2.24, 2.45) is 5.84 Å². The van der Waals surface area contributed by atoms with E-state index in [1.807, 2.05) is 13.8 Å². The van der Waals surface area contributed by atoms with Crippen LogP contribution in [0.1, 0.15) is 26.7 Å². The minimum atomic E-state index is -0.701. The molecule has 0 aliphatic heterocycles. The fraction of sp³-hybridized carbons (Fsp3) is 0.600. The number of anilines is 2. The summed E-state index contributed by atoms with van der Waals surface area (Å²) in [4.78, 5) is 8.10. The Hall–Kier alpha value is -1.40. The normalized spacial score (nSPS) is 11.2. The number of hydrogen-bond donors (Lipinski definition) is 4. The SMILES string of the molecule is CCC(O)(CC)CNc1cncc(NN)n1. The average Bonchev–Trinajstić information content (AvgIpc) is 2.36. The van der Waals surface area contributed by atoms with Gasteiger partial charge in [-0.1, -0.05) is 13.8 Å². The molecule has 0 fully saturated rings. The molecule has 1 rings (SSSR count). The zero-order valence-corrected chi connectivity index (χ0v) is 9.70. The molecule has 0 radical (unpaired) electrons. The molecular weight excluding hydrogens is 206 g/mol. The lowest BCUT2D eigenvalue weighted by atomic mass is 9.98. The van der Waals surface area contributed by atoms with Crippen molar-refractivity contribution in [2.45, 2.75) is 32.3 Å². The summed E-state index contributed by atoms with van der Waals surface area (Å²) in [7, 11) is 0. The van der Waals surface area contributed by atoms with Gasteiger partial charge in [0.1, 0.15) is 5.82 Å². The Bertz CT molecular complexity index is 327. The molecule has 5 N–H and O–H groups in total. The van der Waals surface area contributed by atoms with Gasteiger partial charge in [0.15, 0.2) is 5.82 Å². The van der Waals surface area contributed by atoms with Crippen LogP contribution in [0.5, 0.6) is 0 Å². The quantitative estimate of drug-likeness (QED) is 0.421. The van der Waals surface area contributed by atoms with Crippen molar-refractivity contribution in [3.63, 3.8) is 0 Å². The van der Waals surface area contributed by atoms with Gasteiger partial charge in [0, 0.05) is 6.54 Å². The molecule has 0 saturated carbocycles. The highest BCUT2D eigenvalue weighted by Gasteiger charge is 2.21. The molecule has 0 aliphatic rings. The number of hydrazine groups is 1. The third kappa shape index (κ3) is 3.32. The van der Waals surface area contributed by atoms with E-state index < -0.39 is 5.60 Å². The van der Waals surface area contributed by atoms with E-state index in [9.17, 15) is 5.11 Å². The van der Waals surface area contributed by atoms with Crippen LogP contribution in [0.4, 0.5) is 11.6 Å². The first-order chi connectivity index (χ1) is 7.63. The molecule has 0 saturated heterocycles. The molecule has 16 heavy (non-hydrogen) atoms. The number of nitrogens with one attached hydrogen (secondary N) is 2. The third-order valence-corrected chi connectivity index (χ3v) is 2.70. The number of hydrogen-bond acceptors (Lipinski definition) is 6. The molecule has 1 aromatic rings. The highest BCUT2D eigenvalue weighted by Crippen LogP contribution is 2.15. The summed E-state index contributed by atoms with van der Waals surface area (Å²) >= 11 is 0. The van der Waals surface area contributed by atoms with E-state index >= 15 is 0 Å². The summed E-state index contributed by atoms with van der Waals surface area (Å²) in [5.41, 5.74) is 1.72. The monoisotopic (exact) mass is 225 g/mol. The van der Waals surface area contributed by atoms with E-state index in [1.54, 1.807) is 6.20 Å². The van der Waals surface area contributed by atoms with Crippen molar-refractivity contribution in [3.05, 3.63) is 12.4 Å². The smallest absolute Gasteiger partial charge is 0.160 e. The Morgan fingerprint density at radius 2 is 1.94 bits per heavy atom. The highest BCUT2D eigenvalue weighted by atomic mass is 16.3. The number of nitrogen functional groups attached to an aromatic ring is 1. The summed E-state index contributed by atoms with van der Waals surface area (Å²) in [6.07, 6.45) is 4.50. The summed E-state index contributed by atoms with van der Waals surface area (Å²) in [6, 6.07) is 0. The van der Waals surface area contributed by atoms with Crippen molar-refractivity contribution in [2.75, 3.05) is 17.3 Å². The van der Waals surface area contributed by atoms with Crippen LogP contribution in [0, 0.1) is 0 Å². The molecule has 0 bridgehead atoms. The van der Waals surface area contributed by atoms with Crippen molar-refractivity contribution < 1.29 is 5.11 Å². The van der Waals surface area contributed by atoms with Gasteiger partial charge >= 0.3 is 0 Å². The molecule has 0 unspecified atom stereocenters. The van der Waals surface area contributed by atoms with Gasteiger partial charge in [-0.05, 0) is 12.8 Å². The predicted molar refractivity (Wildman–Crippen MR) is 63.9 cm³/mol. The standard InChI is InChI=1S/C10H19N5O/c1-3-10(16,4-2)7-13-8-5-12-6-9(14-8)15-11/h5-6,16H,3-4,7,11H2,1-2H3,(H2,13,14,15). The average molecular weight is 225 g/mol. The molecular formula is C10H19N5O. The maximum Gasteiger partial charge on any atom is 0.160 e. The highest BCUT2D eigenvalue weighted by molar-refractivity contribution is 5.40. The first kappa shape index (κ1) is 12.7. The topological polar surface area (TPSA) is 96.1 Å². The lowest BCUT2D eigenvalue weighted by molar-refractivity contribution is 0.0456. The lowest BCUT2D eigenvalue weighted by Gasteiger charge is -2.25. The van der Waals surface area contributed by atoms with Gasteiger partial charge in [-0.2, -0.15) is 0 Å². The van der Waals surface area contributed by atoms with Crippen molar-refractivity contribution in [1.29, 1.82) is 0 Å². The van der Waals surface area contributed by atoms with E-state index in [4.69, 9.17) is 5.84 Å². The minimum Gasteiger partial charge on any atom is -0.388 e. The molecule has 0 atom stereocenters. The third-order valence-electron chi connectivity index (χ3n) is 2.70. The number of rotatable bonds is 6. The van der Waals surface area contributed by atoms with E-state index in [0.29, 0.717) is 31.0 Å². The Labute approximate surface area is 95.3 Å². The van der Waals surface area contributed by atoms with Gasteiger partial charge in [-0.15, -0.1) is 0 Å². The molecule has 6 nitrogen and oxygen atoms in total. The Morgan fingerprint density at radius 1 is 1.31 bits per heavy atom. The second-order valence-electron chi connectivity index (χ2n) is 3.72. The van der Waals surface area contributed by atoms with Crippen LogP contribution < -0.4 is 16.6 Å². The van der Waals surface area contributed by atoms with Crippen LogP contribution in [-0.2, 0) is 0 Å². The predicted octanol–water partition coefficient (Wildman–Crippen LogP) is 0.725. The van der Waals surface area contributed by atoms with Crippen LogP contribution >= 0.6 is 0 Å². The minimum absolute atomic E-state index is 0.447. The van der Waals surface area contributed by atoms with Crippen LogP contribution in [0.15, 0.2) is 12.4 Å². The number of nitrogens with zero attached hydrogens (tertiary/aromatic N) is 2. The number of aliphatic hydroxyl groups is 1. The Balaban J connectivity index is 2.60. The van der Waals surface area contributed by atoms with E-state index in [-0.39, 0.29) is 0 Å². The van der Waals surface area contributed by atoms with Crippen LogP contribution in [0.25, 0.3) is 0 Å². The van der Waals surface area contributed by atoms with E-state index in [0.717, 1.165) is 0 Å². The van der Waals surface area contributed by atoms with Gasteiger partial charge in [-0.3, -0.25) is 4.98 Å². The fourth-order valence-corrected chi connectivity index (χ4v) is 1.28. The van der Waals surface area contributed by atoms with Crippen molar-refractivity contribution in [3.8, 4) is 0 Å². The number of aromatic nitrogens is 2. The lowest BCUT2D eigenvalue weighted by Crippen LogP contribution is -2.35. The molecule has 0 aliphatic carbocycles. The Morgan fingerprint density at radius 3 is 2.50 bits per heavy atom. The van der Waals surface area contributed by atoms with Gasteiger partial charge in [0.2, 0.25) is 0 Å². The zero-order chi connectivity index (χ0) is 12.0. The van der Waals surface area contributed by atoms with Crippen molar-refractivity contribution >= 4 is 11.6 Å². The van der Waals surface area contributed by atoms with Gasteiger partial charge in [0.05, 0.1) is 18.0 Å². The van der Waals surface area contributed by atoms with Crippen LogP contribution in [0.3, 0.4) is 0 Å². The molecule has 0 amide bonds. The van der Waals surface area contributed by atoms with Gasteiger partial charge in [0.25, 0.3) is 0 Å².